The van der Waals surface area contributed by atoms with Gasteiger partial charge in [-0.2, -0.15) is 0 Å². The molecule has 15 heavy (non-hydrogen) atoms. The first-order valence-corrected chi connectivity index (χ1v) is 4.90. The first-order valence-electron chi connectivity index (χ1n) is 4.90. The molecule has 0 atom stereocenters. The summed E-state index contributed by atoms with van der Waals surface area (Å²) in [7, 11) is 0. The second-order valence-electron chi connectivity index (χ2n) is 4.65. The zero-order valence-corrected chi connectivity index (χ0v) is 9.13. The number of aromatic nitrogens is 1. The second-order valence-corrected chi connectivity index (χ2v) is 4.65. The largest absolute Gasteiger partial charge is 0.481 e. The molecule has 0 saturated heterocycles. The number of amides is 1. The van der Waals surface area contributed by atoms with Crippen LogP contribution in [0.4, 0.5) is 5.69 Å². The van der Waals surface area contributed by atoms with Gasteiger partial charge in [0.05, 0.1) is 6.20 Å². The summed E-state index contributed by atoms with van der Waals surface area (Å²) in [5, 5.41) is 2.71. The fraction of sp³-hybridized carbons (Fsp3) is 0.455. The van der Waals surface area contributed by atoms with Crippen molar-refractivity contribution < 1.29 is 9.53 Å². The summed E-state index contributed by atoms with van der Waals surface area (Å²) in [4.78, 5) is 15.3. The van der Waals surface area contributed by atoms with Crippen LogP contribution in [0.1, 0.15) is 26.5 Å². The predicted molar refractivity (Wildman–Crippen MR) is 57.1 cm³/mol. The van der Waals surface area contributed by atoms with Gasteiger partial charge in [0.25, 0.3) is 5.91 Å². The van der Waals surface area contributed by atoms with E-state index in [1.54, 1.807) is 6.20 Å². The molecule has 4 nitrogen and oxygen atoms in total. The Hall–Kier alpha value is -1.58. The molecule has 80 valence electrons. The molecule has 0 radical (unpaired) electrons. The van der Waals surface area contributed by atoms with Crippen LogP contribution in [-0.4, -0.2) is 17.5 Å². The van der Waals surface area contributed by atoms with Crippen molar-refractivity contribution in [1.29, 1.82) is 0 Å². The predicted octanol–water partition coefficient (Wildman–Crippen LogP) is 1.71. The Kier molecular flexibility index (Phi) is 2.14. The third-order valence-corrected chi connectivity index (χ3v) is 2.27. The first-order chi connectivity index (χ1) is 6.97. The Bertz CT molecular complexity index is 408. The summed E-state index contributed by atoms with van der Waals surface area (Å²) in [5.41, 5.74) is 1.59. The number of anilines is 1. The molecule has 1 amide bonds. The topological polar surface area (TPSA) is 51.2 Å². The van der Waals surface area contributed by atoms with Crippen molar-refractivity contribution >= 4 is 11.6 Å². The van der Waals surface area contributed by atoms with Crippen molar-refractivity contribution in [3.8, 4) is 5.75 Å². The number of nitrogens with zero attached hydrogens (tertiary/aromatic N) is 1. The number of carbonyl (C=O) groups is 1. The highest BCUT2D eigenvalue weighted by Gasteiger charge is 2.21. The molecule has 1 N–H and O–H groups in total. The number of hydrogen-bond acceptors (Lipinski definition) is 3. The van der Waals surface area contributed by atoms with Crippen LogP contribution in [0, 0.1) is 0 Å². The Balaban J connectivity index is 2.39. The van der Waals surface area contributed by atoms with E-state index in [2.05, 4.69) is 31.1 Å². The van der Waals surface area contributed by atoms with Gasteiger partial charge in [0.2, 0.25) is 0 Å². The fourth-order valence-electron chi connectivity index (χ4n) is 1.39. The van der Waals surface area contributed by atoms with Crippen molar-refractivity contribution in [2.45, 2.75) is 26.2 Å². The maximum Gasteiger partial charge on any atom is 0.262 e. The number of pyridine rings is 1. The van der Waals surface area contributed by atoms with Crippen molar-refractivity contribution in [3.63, 3.8) is 0 Å². The van der Waals surface area contributed by atoms with E-state index in [4.69, 9.17) is 4.74 Å². The number of nitrogens with one attached hydrogen (secondary N) is 1. The molecule has 4 heteroatoms. The summed E-state index contributed by atoms with van der Waals surface area (Å²) >= 11 is 0. The number of rotatable bonds is 0. The monoisotopic (exact) mass is 206 g/mol. The molecule has 1 aliphatic heterocycles. The van der Waals surface area contributed by atoms with Crippen molar-refractivity contribution in [2.75, 3.05) is 11.9 Å². The quantitative estimate of drug-likeness (QED) is 0.703. The molecule has 0 unspecified atom stereocenters. The Morgan fingerprint density at radius 1 is 1.47 bits per heavy atom. The molecule has 0 aliphatic carbocycles. The molecule has 0 saturated carbocycles. The van der Waals surface area contributed by atoms with Crippen LogP contribution in [0.25, 0.3) is 0 Å². The molecular weight excluding hydrogens is 192 g/mol. The molecule has 1 aromatic heterocycles. The van der Waals surface area contributed by atoms with Gasteiger partial charge >= 0.3 is 0 Å². The van der Waals surface area contributed by atoms with Gasteiger partial charge in [-0.3, -0.25) is 9.78 Å². The maximum atomic E-state index is 11.0. The van der Waals surface area contributed by atoms with Gasteiger partial charge in [0, 0.05) is 17.2 Å². The van der Waals surface area contributed by atoms with Crippen LogP contribution in [0.15, 0.2) is 12.3 Å². The Morgan fingerprint density at radius 2 is 2.20 bits per heavy atom. The smallest absolute Gasteiger partial charge is 0.262 e. The minimum absolute atomic E-state index is 0.0140. The van der Waals surface area contributed by atoms with Crippen LogP contribution < -0.4 is 10.1 Å². The SMILES string of the molecule is CC(C)(C)c1cc2c(cn1)NC(=O)CO2. The van der Waals surface area contributed by atoms with E-state index in [1.165, 1.54) is 0 Å². The van der Waals surface area contributed by atoms with E-state index in [1.807, 2.05) is 6.07 Å². The van der Waals surface area contributed by atoms with Gasteiger partial charge in [-0.25, -0.2) is 0 Å². The Morgan fingerprint density at radius 3 is 2.87 bits per heavy atom. The normalized spacial score (nSPS) is 15.3. The van der Waals surface area contributed by atoms with E-state index in [9.17, 15) is 4.79 Å². The van der Waals surface area contributed by atoms with Crippen molar-refractivity contribution in [3.05, 3.63) is 18.0 Å². The highest BCUT2D eigenvalue weighted by Crippen LogP contribution is 2.31. The summed E-state index contributed by atoms with van der Waals surface area (Å²) in [6.07, 6.45) is 1.65. The standard InChI is InChI=1S/C11H14N2O2/c1-11(2,3)9-4-8-7(5-12-9)13-10(14)6-15-8/h4-5H,6H2,1-3H3,(H,13,14). The van der Waals surface area contributed by atoms with Gasteiger partial charge in [-0.1, -0.05) is 20.8 Å². The summed E-state index contributed by atoms with van der Waals surface area (Å²) in [6, 6.07) is 1.88. The number of carbonyl (C=O) groups excluding carboxylic acids is 1. The van der Waals surface area contributed by atoms with E-state index < -0.39 is 0 Å². The van der Waals surface area contributed by atoms with E-state index >= 15 is 0 Å². The summed E-state index contributed by atoms with van der Waals surface area (Å²) in [6.45, 7) is 6.34. The Labute approximate surface area is 88.7 Å². The molecule has 1 aliphatic rings. The molecule has 0 aromatic carbocycles. The lowest BCUT2D eigenvalue weighted by molar-refractivity contribution is -0.118. The van der Waals surface area contributed by atoms with Crippen LogP contribution in [0.3, 0.4) is 0 Å². The maximum absolute atomic E-state index is 11.0. The van der Waals surface area contributed by atoms with Gasteiger partial charge in [-0.05, 0) is 0 Å². The van der Waals surface area contributed by atoms with Crippen molar-refractivity contribution in [1.82, 2.24) is 4.98 Å². The highest BCUT2D eigenvalue weighted by molar-refractivity contribution is 5.95. The van der Waals surface area contributed by atoms with Crippen LogP contribution in [-0.2, 0) is 10.2 Å². The van der Waals surface area contributed by atoms with E-state index in [0.29, 0.717) is 11.4 Å². The number of ether oxygens (including phenoxy) is 1. The van der Waals surface area contributed by atoms with E-state index in [-0.39, 0.29) is 17.9 Å². The van der Waals surface area contributed by atoms with Crippen LogP contribution >= 0.6 is 0 Å². The second kappa shape index (κ2) is 3.22. The third kappa shape index (κ3) is 1.93. The fourth-order valence-corrected chi connectivity index (χ4v) is 1.39. The number of fused-ring (bicyclic) bond motifs is 1. The zero-order chi connectivity index (χ0) is 11.1. The van der Waals surface area contributed by atoms with Gasteiger partial charge < -0.3 is 10.1 Å². The van der Waals surface area contributed by atoms with E-state index in [0.717, 1.165) is 5.69 Å². The van der Waals surface area contributed by atoms with Crippen LogP contribution in [0.2, 0.25) is 0 Å². The molecule has 0 fully saturated rings. The average Bonchev–Trinajstić information content (AvgIpc) is 2.15. The number of hydrogen-bond donors (Lipinski definition) is 1. The average molecular weight is 206 g/mol. The van der Waals surface area contributed by atoms with Gasteiger partial charge in [0.15, 0.2) is 6.61 Å². The lowest BCUT2D eigenvalue weighted by atomic mass is 9.91. The summed E-state index contributed by atoms with van der Waals surface area (Å²) < 4.78 is 5.32. The molecule has 0 spiro atoms. The first kappa shape index (κ1) is 9.96. The minimum Gasteiger partial charge on any atom is -0.481 e. The van der Waals surface area contributed by atoms with Gasteiger partial charge in [-0.15, -0.1) is 0 Å². The zero-order valence-electron chi connectivity index (χ0n) is 9.13. The minimum atomic E-state index is -0.132. The third-order valence-electron chi connectivity index (χ3n) is 2.27. The molecule has 2 rings (SSSR count). The molecule has 2 heterocycles. The molecule has 1 aromatic rings. The van der Waals surface area contributed by atoms with Crippen molar-refractivity contribution in [2.24, 2.45) is 0 Å². The molecule has 0 bridgehead atoms. The van der Waals surface area contributed by atoms with Crippen LogP contribution in [0.5, 0.6) is 5.75 Å². The molecular formula is C11H14N2O2. The highest BCUT2D eigenvalue weighted by atomic mass is 16.5. The summed E-state index contributed by atoms with van der Waals surface area (Å²) in [5.74, 6) is 0.572. The van der Waals surface area contributed by atoms with Gasteiger partial charge in [0.1, 0.15) is 11.4 Å². The lowest BCUT2D eigenvalue weighted by Crippen LogP contribution is -2.26. The lowest BCUT2D eigenvalue weighted by Gasteiger charge is -2.22.